The highest BCUT2D eigenvalue weighted by molar-refractivity contribution is 5.32. The van der Waals surface area contributed by atoms with E-state index in [9.17, 15) is 5.11 Å². The Kier molecular flexibility index (Phi) is 6.08. The second-order valence-electron chi connectivity index (χ2n) is 6.72. The number of allylic oxidation sites excluding steroid dienone is 4. The lowest BCUT2D eigenvalue weighted by molar-refractivity contribution is -0.0544. The fourth-order valence-electron chi connectivity index (χ4n) is 2.82. The maximum absolute atomic E-state index is 10.9. The van der Waals surface area contributed by atoms with Gasteiger partial charge in [0.15, 0.2) is 0 Å². The highest BCUT2D eigenvalue weighted by Gasteiger charge is 2.43. The van der Waals surface area contributed by atoms with Gasteiger partial charge in [-0.25, -0.2) is 0 Å². The molecule has 1 rings (SSSR count). The van der Waals surface area contributed by atoms with Crippen molar-refractivity contribution >= 4 is 0 Å². The van der Waals surface area contributed by atoms with E-state index in [1.807, 2.05) is 6.92 Å². The molecule has 0 saturated heterocycles. The highest BCUT2D eigenvalue weighted by Crippen LogP contribution is 2.41. The summed E-state index contributed by atoms with van der Waals surface area (Å²) in [7, 11) is 0. The fourth-order valence-corrected chi connectivity index (χ4v) is 2.82. The third-order valence-corrected chi connectivity index (χ3v) is 4.76. The molecule has 1 N–H and O–H groups in total. The van der Waals surface area contributed by atoms with Crippen LogP contribution in [0.25, 0.3) is 0 Å². The Hall–Kier alpha value is -1.00. The lowest BCUT2D eigenvalue weighted by Gasteiger charge is -2.43. The minimum absolute atomic E-state index is 0.240. The van der Waals surface area contributed by atoms with Crippen LogP contribution in [0.1, 0.15) is 60.8 Å². The summed E-state index contributed by atoms with van der Waals surface area (Å²) in [6, 6.07) is 0. The molecule has 1 saturated carbocycles. The smallest absolute Gasteiger partial charge is 0.131 e. The van der Waals surface area contributed by atoms with Crippen molar-refractivity contribution in [3.8, 4) is 11.8 Å². The summed E-state index contributed by atoms with van der Waals surface area (Å²) in [6.45, 7) is 12.7. The summed E-state index contributed by atoms with van der Waals surface area (Å²) in [6.07, 6.45) is 7.50. The van der Waals surface area contributed by atoms with E-state index in [-0.39, 0.29) is 11.8 Å². The molecule has 0 amide bonds. The molecule has 0 aliphatic heterocycles. The molecule has 20 heavy (non-hydrogen) atoms. The molecule has 0 aromatic heterocycles. The van der Waals surface area contributed by atoms with E-state index in [2.05, 4.69) is 58.6 Å². The summed E-state index contributed by atoms with van der Waals surface area (Å²) < 4.78 is 0. The molecule has 1 heteroatoms. The first kappa shape index (κ1) is 17.1. The van der Waals surface area contributed by atoms with Crippen molar-refractivity contribution in [2.24, 2.45) is 17.8 Å². The summed E-state index contributed by atoms with van der Waals surface area (Å²) in [4.78, 5) is 0. The van der Waals surface area contributed by atoms with E-state index in [0.717, 1.165) is 18.4 Å². The van der Waals surface area contributed by atoms with Gasteiger partial charge in [-0.2, -0.15) is 0 Å². The molecule has 112 valence electrons. The molecule has 1 aliphatic rings. The first-order chi connectivity index (χ1) is 9.27. The summed E-state index contributed by atoms with van der Waals surface area (Å²) in [5.74, 6) is 7.40. The molecule has 1 fully saturated rings. The topological polar surface area (TPSA) is 20.2 Å². The molecule has 1 aliphatic carbocycles. The van der Waals surface area contributed by atoms with Gasteiger partial charge in [-0.1, -0.05) is 50.3 Å². The fraction of sp³-hybridized carbons (Fsp3) is 0.684. The van der Waals surface area contributed by atoms with Crippen LogP contribution in [-0.2, 0) is 0 Å². The van der Waals surface area contributed by atoms with Crippen LogP contribution >= 0.6 is 0 Å². The van der Waals surface area contributed by atoms with Crippen molar-refractivity contribution in [2.45, 2.75) is 66.4 Å². The summed E-state index contributed by atoms with van der Waals surface area (Å²) in [5.41, 5.74) is 1.54. The Morgan fingerprint density at radius 2 is 1.80 bits per heavy atom. The van der Waals surface area contributed by atoms with Gasteiger partial charge in [0.05, 0.1) is 0 Å². The van der Waals surface area contributed by atoms with Crippen LogP contribution in [-0.4, -0.2) is 10.7 Å². The van der Waals surface area contributed by atoms with Gasteiger partial charge in [0.2, 0.25) is 0 Å². The van der Waals surface area contributed by atoms with Crippen molar-refractivity contribution in [1.82, 2.24) is 0 Å². The number of hydrogen-bond acceptors (Lipinski definition) is 1. The van der Waals surface area contributed by atoms with Crippen LogP contribution in [0.15, 0.2) is 23.3 Å². The lowest BCUT2D eigenvalue weighted by Crippen LogP contribution is -2.47. The maximum Gasteiger partial charge on any atom is 0.131 e. The van der Waals surface area contributed by atoms with Gasteiger partial charge in [0.25, 0.3) is 0 Å². The largest absolute Gasteiger partial charge is 0.377 e. The SMILES string of the molecule is CC(C)=CCC=C(C)C#CC1(O)C(C)CCC(C)C1C. The highest BCUT2D eigenvalue weighted by atomic mass is 16.3. The molecule has 0 bridgehead atoms. The van der Waals surface area contributed by atoms with E-state index in [4.69, 9.17) is 0 Å². The standard InChI is InChI=1S/C19H30O/c1-14(2)8-7-9-15(3)12-13-19(20)17(5)11-10-16(4)18(19)6/h8-9,16-18,20H,7,10-11H2,1-6H3. The summed E-state index contributed by atoms with van der Waals surface area (Å²) >= 11 is 0. The molecular weight excluding hydrogens is 244 g/mol. The molecule has 0 spiro atoms. The first-order valence-electron chi connectivity index (χ1n) is 7.83. The Bertz CT molecular complexity index is 442. The average Bonchev–Trinajstić information content (AvgIpc) is 2.38. The minimum Gasteiger partial charge on any atom is -0.377 e. The van der Waals surface area contributed by atoms with Gasteiger partial charge in [0, 0.05) is 0 Å². The van der Waals surface area contributed by atoms with Gasteiger partial charge in [-0.05, 0) is 63.4 Å². The predicted molar refractivity (Wildman–Crippen MR) is 87.3 cm³/mol. The minimum atomic E-state index is -0.830. The van der Waals surface area contributed by atoms with Crippen molar-refractivity contribution in [3.05, 3.63) is 23.3 Å². The first-order valence-corrected chi connectivity index (χ1v) is 7.83. The zero-order valence-corrected chi connectivity index (χ0v) is 14.0. The monoisotopic (exact) mass is 274 g/mol. The Morgan fingerprint density at radius 1 is 1.15 bits per heavy atom. The Labute approximate surface area is 125 Å². The van der Waals surface area contributed by atoms with Crippen LogP contribution < -0.4 is 0 Å². The third kappa shape index (κ3) is 4.25. The van der Waals surface area contributed by atoms with Gasteiger partial charge in [-0.15, -0.1) is 0 Å². The van der Waals surface area contributed by atoms with Crippen LogP contribution in [0.2, 0.25) is 0 Å². The van der Waals surface area contributed by atoms with E-state index in [1.165, 1.54) is 12.0 Å². The Morgan fingerprint density at radius 3 is 2.40 bits per heavy atom. The van der Waals surface area contributed by atoms with Crippen molar-refractivity contribution in [3.63, 3.8) is 0 Å². The second kappa shape index (κ2) is 7.14. The van der Waals surface area contributed by atoms with Gasteiger partial charge < -0.3 is 5.11 Å². The molecular formula is C19H30O. The van der Waals surface area contributed by atoms with Crippen LogP contribution in [0.3, 0.4) is 0 Å². The molecule has 1 nitrogen and oxygen atoms in total. The number of hydrogen-bond donors (Lipinski definition) is 1. The molecule has 0 radical (unpaired) electrons. The quantitative estimate of drug-likeness (QED) is 0.570. The van der Waals surface area contributed by atoms with Gasteiger partial charge >= 0.3 is 0 Å². The normalized spacial score (nSPS) is 34.1. The van der Waals surface area contributed by atoms with Crippen LogP contribution in [0.4, 0.5) is 0 Å². The lowest BCUT2D eigenvalue weighted by atomic mass is 9.65. The van der Waals surface area contributed by atoms with E-state index in [0.29, 0.717) is 5.92 Å². The third-order valence-electron chi connectivity index (χ3n) is 4.76. The number of aliphatic hydroxyl groups is 1. The zero-order chi connectivity index (χ0) is 15.3. The summed E-state index contributed by atoms with van der Waals surface area (Å²) in [5, 5.41) is 10.9. The maximum atomic E-state index is 10.9. The molecule has 0 aromatic carbocycles. The average molecular weight is 274 g/mol. The molecule has 4 unspecified atom stereocenters. The van der Waals surface area contributed by atoms with Crippen molar-refractivity contribution < 1.29 is 5.11 Å². The van der Waals surface area contributed by atoms with Crippen LogP contribution in [0.5, 0.6) is 0 Å². The van der Waals surface area contributed by atoms with E-state index in [1.54, 1.807) is 0 Å². The number of rotatable bonds is 2. The zero-order valence-electron chi connectivity index (χ0n) is 14.0. The van der Waals surface area contributed by atoms with Gasteiger partial charge in [-0.3, -0.25) is 0 Å². The predicted octanol–water partition coefficient (Wildman–Crippen LogP) is 4.73. The Balaban J connectivity index is 2.84. The molecule has 4 atom stereocenters. The second-order valence-corrected chi connectivity index (χ2v) is 6.72. The van der Waals surface area contributed by atoms with E-state index >= 15 is 0 Å². The van der Waals surface area contributed by atoms with E-state index < -0.39 is 5.60 Å². The van der Waals surface area contributed by atoms with Crippen molar-refractivity contribution in [2.75, 3.05) is 0 Å². The van der Waals surface area contributed by atoms with Crippen LogP contribution in [0, 0.1) is 29.6 Å². The molecule has 0 heterocycles. The molecule has 0 aromatic rings. The van der Waals surface area contributed by atoms with Crippen molar-refractivity contribution in [1.29, 1.82) is 0 Å². The van der Waals surface area contributed by atoms with Gasteiger partial charge in [0.1, 0.15) is 5.60 Å².